The molecule has 0 bridgehead atoms. The summed E-state index contributed by atoms with van der Waals surface area (Å²) in [6, 6.07) is 6.95. The number of aliphatic hydroxyl groups excluding tert-OH is 5. The molecule has 5 N–H and O–H groups in total. The summed E-state index contributed by atoms with van der Waals surface area (Å²) in [5.74, 6) is -2.64. The van der Waals surface area contributed by atoms with Gasteiger partial charge in [-0.2, -0.15) is 0 Å². The summed E-state index contributed by atoms with van der Waals surface area (Å²) in [5.41, 5.74) is 1.03. The first-order valence-corrected chi connectivity index (χ1v) is 12.5. The molecule has 13 heteroatoms. The fourth-order valence-electron chi connectivity index (χ4n) is 4.93. The molecule has 0 amide bonds. The summed E-state index contributed by atoms with van der Waals surface area (Å²) >= 11 is 0. The first kappa shape index (κ1) is 29.7. The van der Waals surface area contributed by atoms with E-state index < -0.39 is 80.1 Å². The maximum absolute atomic E-state index is 12.7. The molecule has 0 aromatic heterocycles. The number of rotatable bonds is 9. The van der Waals surface area contributed by atoms with Gasteiger partial charge >= 0.3 is 11.9 Å². The highest BCUT2D eigenvalue weighted by molar-refractivity contribution is 5.90. The lowest BCUT2D eigenvalue weighted by Gasteiger charge is -2.43. The van der Waals surface area contributed by atoms with E-state index in [1.807, 2.05) is 0 Å². The van der Waals surface area contributed by atoms with Crippen LogP contribution in [0.15, 0.2) is 53.8 Å². The molecule has 2 aliphatic heterocycles. The average molecular weight is 565 g/mol. The second-order valence-corrected chi connectivity index (χ2v) is 9.36. The molecule has 1 fully saturated rings. The van der Waals surface area contributed by atoms with Gasteiger partial charge in [0, 0.05) is 12.0 Å². The third-order valence-electron chi connectivity index (χ3n) is 7.03. The van der Waals surface area contributed by atoms with E-state index >= 15 is 0 Å². The van der Waals surface area contributed by atoms with Gasteiger partial charge in [0.15, 0.2) is 6.29 Å². The Labute approximate surface area is 229 Å². The number of hydrogen-bond acceptors (Lipinski definition) is 13. The fourth-order valence-corrected chi connectivity index (χ4v) is 4.93. The van der Waals surface area contributed by atoms with Crippen molar-refractivity contribution in [2.45, 2.75) is 43.1 Å². The van der Waals surface area contributed by atoms with Gasteiger partial charge in [-0.15, -0.1) is 0 Å². The largest absolute Gasteiger partial charge is 0.497 e. The van der Waals surface area contributed by atoms with Crippen LogP contribution in [0, 0.1) is 11.8 Å². The molecule has 2 heterocycles. The van der Waals surface area contributed by atoms with Crippen LogP contribution < -0.4 is 4.74 Å². The average Bonchev–Trinajstić information content (AvgIpc) is 3.34. The zero-order valence-electron chi connectivity index (χ0n) is 21.7. The molecule has 9 atom stereocenters. The van der Waals surface area contributed by atoms with Crippen molar-refractivity contribution in [2.24, 2.45) is 11.8 Å². The van der Waals surface area contributed by atoms with E-state index in [-0.39, 0.29) is 5.57 Å². The Morgan fingerprint density at radius 3 is 2.33 bits per heavy atom. The highest BCUT2D eigenvalue weighted by atomic mass is 16.8. The second-order valence-electron chi connectivity index (χ2n) is 9.36. The van der Waals surface area contributed by atoms with Gasteiger partial charge in [-0.25, -0.2) is 9.59 Å². The van der Waals surface area contributed by atoms with Gasteiger partial charge in [-0.1, -0.05) is 12.1 Å². The number of carbonyl (C=O) groups is 2. The van der Waals surface area contributed by atoms with Gasteiger partial charge in [0.2, 0.25) is 6.29 Å². The molecule has 13 nitrogen and oxygen atoms in total. The normalized spacial score (nSPS) is 33.4. The van der Waals surface area contributed by atoms with E-state index in [4.69, 9.17) is 28.4 Å². The van der Waals surface area contributed by atoms with Crippen molar-refractivity contribution in [3.05, 3.63) is 59.4 Å². The van der Waals surface area contributed by atoms with Crippen LogP contribution in [0.4, 0.5) is 0 Å². The molecule has 0 unspecified atom stereocenters. The van der Waals surface area contributed by atoms with Crippen molar-refractivity contribution in [2.75, 3.05) is 27.4 Å². The van der Waals surface area contributed by atoms with Crippen molar-refractivity contribution >= 4 is 18.0 Å². The first-order valence-electron chi connectivity index (χ1n) is 12.5. The number of methoxy groups -OCH3 is 2. The zero-order valence-corrected chi connectivity index (χ0v) is 21.7. The van der Waals surface area contributed by atoms with Crippen molar-refractivity contribution < 1.29 is 63.5 Å². The molecule has 0 radical (unpaired) electrons. The fraction of sp³-hybridized carbons (Fsp3) is 0.481. The molecule has 0 spiro atoms. The van der Waals surface area contributed by atoms with Crippen LogP contribution in [0.5, 0.6) is 5.75 Å². The van der Waals surface area contributed by atoms with Crippen LogP contribution in [-0.2, 0) is 33.3 Å². The van der Waals surface area contributed by atoms with Crippen molar-refractivity contribution in [1.29, 1.82) is 0 Å². The number of carbonyl (C=O) groups excluding carboxylic acids is 2. The SMILES string of the molecule is COC(=O)C1=CO[C@@H](O[C@@H]2O[C@H](CO)[C@@H](O)[C@H](O)[C@H]2O)[C@H]2C(CO)=C[C@H](OC(=O)C=Cc3ccc(OC)cc3)[C@@H]12. The van der Waals surface area contributed by atoms with Gasteiger partial charge in [0.25, 0.3) is 0 Å². The smallest absolute Gasteiger partial charge is 0.337 e. The quantitative estimate of drug-likeness (QED) is 0.140. The standard InChI is InChI=1S/C27H32O13/c1-35-15-6-3-13(4-7-15)5-8-19(30)38-17-9-14(10-28)20-21(17)16(25(34)36-2)12-37-26(20)40-27-24(33)23(32)22(31)18(11-29)39-27/h3-9,12,17-18,20-24,26-29,31-33H,10-11H2,1-2H3/t17-,18+,20-,21+,22+,23-,24+,26-,27-/m0/s1. The molecule has 4 rings (SSSR count). The summed E-state index contributed by atoms with van der Waals surface area (Å²) in [6.07, 6.45) is -4.82. The maximum atomic E-state index is 12.7. The predicted molar refractivity (Wildman–Crippen MR) is 134 cm³/mol. The molecule has 1 aliphatic carbocycles. The van der Waals surface area contributed by atoms with Crippen molar-refractivity contribution in [3.63, 3.8) is 0 Å². The van der Waals surface area contributed by atoms with Crippen LogP contribution >= 0.6 is 0 Å². The Balaban J connectivity index is 1.55. The van der Waals surface area contributed by atoms with E-state index in [1.165, 1.54) is 32.4 Å². The monoisotopic (exact) mass is 564 g/mol. The lowest BCUT2D eigenvalue weighted by Crippen LogP contribution is -2.60. The zero-order chi connectivity index (χ0) is 29.0. The lowest BCUT2D eigenvalue weighted by atomic mass is 9.82. The van der Waals surface area contributed by atoms with Crippen LogP contribution in [0.25, 0.3) is 6.08 Å². The molecular formula is C27H32O13. The second kappa shape index (κ2) is 12.9. The van der Waals surface area contributed by atoms with E-state index in [0.717, 1.165) is 6.26 Å². The minimum absolute atomic E-state index is 0.0118. The number of aliphatic hydroxyl groups is 5. The van der Waals surface area contributed by atoms with Crippen LogP contribution in [0.1, 0.15) is 5.56 Å². The Kier molecular flexibility index (Phi) is 9.58. The van der Waals surface area contributed by atoms with Crippen LogP contribution in [0.2, 0.25) is 0 Å². The number of hydrogen-bond donors (Lipinski definition) is 5. The van der Waals surface area contributed by atoms with Crippen molar-refractivity contribution in [3.8, 4) is 5.75 Å². The Hall–Kier alpha value is -3.30. The van der Waals surface area contributed by atoms with E-state index in [0.29, 0.717) is 16.9 Å². The number of ether oxygens (including phenoxy) is 6. The Morgan fingerprint density at radius 1 is 0.975 bits per heavy atom. The lowest BCUT2D eigenvalue weighted by molar-refractivity contribution is -0.340. The van der Waals surface area contributed by atoms with E-state index in [9.17, 15) is 35.1 Å². The molecule has 1 saturated heterocycles. The molecule has 1 aromatic carbocycles. The summed E-state index contributed by atoms with van der Waals surface area (Å²) in [5, 5.41) is 50.2. The van der Waals surface area contributed by atoms with E-state index in [2.05, 4.69) is 0 Å². The minimum Gasteiger partial charge on any atom is -0.497 e. The molecule has 218 valence electrons. The van der Waals surface area contributed by atoms with Gasteiger partial charge in [0.1, 0.15) is 36.3 Å². The molecular weight excluding hydrogens is 532 g/mol. The van der Waals surface area contributed by atoms with Crippen LogP contribution in [-0.4, -0.2) is 108 Å². The number of esters is 2. The third kappa shape index (κ3) is 6.05. The van der Waals surface area contributed by atoms with Gasteiger partial charge in [0.05, 0.1) is 45.2 Å². The van der Waals surface area contributed by atoms with Crippen LogP contribution in [0.3, 0.4) is 0 Å². The summed E-state index contributed by atoms with van der Waals surface area (Å²) < 4.78 is 32.5. The highest BCUT2D eigenvalue weighted by Crippen LogP contribution is 2.45. The number of benzene rings is 1. The van der Waals surface area contributed by atoms with Gasteiger partial charge in [-0.3, -0.25) is 0 Å². The summed E-state index contributed by atoms with van der Waals surface area (Å²) in [7, 11) is 2.71. The van der Waals surface area contributed by atoms with Gasteiger partial charge < -0.3 is 54.0 Å². The summed E-state index contributed by atoms with van der Waals surface area (Å²) in [6.45, 7) is -1.18. The number of fused-ring (bicyclic) bond motifs is 1. The Bertz CT molecular complexity index is 1140. The highest BCUT2D eigenvalue weighted by Gasteiger charge is 2.53. The van der Waals surface area contributed by atoms with E-state index in [1.54, 1.807) is 24.3 Å². The molecule has 0 saturated carbocycles. The first-order chi connectivity index (χ1) is 19.2. The molecule has 3 aliphatic rings. The Morgan fingerprint density at radius 2 is 1.70 bits per heavy atom. The van der Waals surface area contributed by atoms with Gasteiger partial charge in [-0.05, 0) is 35.4 Å². The predicted octanol–water partition coefficient (Wildman–Crippen LogP) is -0.985. The topological polar surface area (TPSA) is 191 Å². The molecule has 1 aromatic rings. The summed E-state index contributed by atoms with van der Waals surface area (Å²) in [4.78, 5) is 25.3. The van der Waals surface area contributed by atoms with Crippen molar-refractivity contribution in [1.82, 2.24) is 0 Å². The maximum Gasteiger partial charge on any atom is 0.337 e. The third-order valence-corrected chi connectivity index (χ3v) is 7.03. The minimum atomic E-state index is -1.72. The molecule has 40 heavy (non-hydrogen) atoms.